The van der Waals surface area contributed by atoms with Gasteiger partial charge in [0.1, 0.15) is 6.07 Å². The van der Waals surface area contributed by atoms with E-state index in [9.17, 15) is 20.6 Å². The van der Waals surface area contributed by atoms with Crippen molar-refractivity contribution in [1.29, 1.82) is 15.8 Å². The highest BCUT2D eigenvalue weighted by atomic mass is 16.7. The van der Waals surface area contributed by atoms with Crippen LogP contribution < -0.4 is 9.47 Å². The molecule has 5 rings (SSSR count). The number of nitriles is 3. The zero-order valence-electron chi connectivity index (χ0n) is 15.4. The minimum atomic E-state index is -1.48. The van der Waals surface area contributed by atoms with E-state index >= 15 is 0 Å². The van der Waals surface area contributed by atoms with E-state index < -0.39 is 23.4 Å². The Morgan fingerprint density at radius 3 is 2.59 bits per heavy atom. The zero-order valence-corrected chi connectivity index (χ0v) is 15.4. The van der Waals surface area contributed by atoms with Gasteiger partial charge in [-0.3, -0.25) is 4.79 Å². The summed E-state index contributed by atoms with van der Waals surface area (Å²) in [5.41, 5.74) is -0.395. The van der Waals surface area contributed by atoms with Crippen LogP contribution in [0.2, 0.25) is 0 Å². The molecule has 4 aliphatic rings. The Morgan fingerprint density at radius 1 is 1.14 bits per heavy atom. The van der Waals surface area contributed by atoms with Crippen LogP contribution in [0.15, 0.2) is 42.1 Å². The van der Waals surface area contributed by atoms with Gasteiger partial charge in [0, 0.05) is 18.0 Å². The van der Waals surface area contributed by atoms with Crippen molar-refractivity contribution >= 4 is 5.78 Å². The van der Waals surface area contributed by atoms with Crippen molar-refractivity contribution in [2.24, 2.45) is 11.3 Å². The fourth-order valence-corrected chi connectivity index (χ4v) is 4.66. The van der Waals surface area contributed by atoms with Crippen LogP contribution >= 0.6 is 0 Å². The van der Waals surface area contributed by atoms with Gasteiger partial charge in [-0.05, 0) is 36.6 Å². The van der Waals surface area contributed by atoms with E-state index in [0.717, 1.165) is 12.8 Å². The van der Waals surface area contributed by atoms with Crippen molar-refractivity contribution in [3.8, 4) is 29.7 Å². The molecule has 1 aromatic carbocycles. The summed E-state index contributed by atoms with van der Waals surface area (Å²) in [5, 5.41) is 29.7. The second-order valence-electron chi connectivity index (χ2n) is 7.75. The summed E-state index contributed by atoms with van der Waals surface area (Å²) in [4.78, 5) is 15.1. The van der Waals surface area contributed by atoms with E-state index in [1.807, 2.05) is 0 Å². The topological polar surface area (TPSA) is 110 Å². The second kappa shape index (κ2) is 6.12. The number of nitrogens with zero attached hydrogens (tertiary/aromatic N) is 4. The molecule has 1 aromatic rings. The average Bonchev–Trinajstić information content (AvgIpc) is 3.43. The van der Waals surface area contributed by atoms with Crippen molar-refractivity contribution in [3.63, 3.8) is 0 Å². The maximum atomic E-state index is 13.3. The lowest BCUT2D eigenvalue weighted by atomic mass is 9.69. The molecule has 3 aliphatic heterocycles. The summed E-state index contributed by atoms with van der Waals surface area (Å²) in [6, 6.07) is 10.6. The third-order valence-electron chi connectivity index (χ3n) is 6.19. The highest BCUT2D eigenvalue weighted by Gasteiger charge is 2.63. The van der Waals surface area contributed by atoms with Crippen molar-refractivity contribution in [2.75, 3.05) is 6.79 Å². The molecule has 0 radical (unpaired) electrons. The second-order valence-corrected chi connectivity index (χ2v) is 7.75. The molecular formula is C22H16N4O3. The third kappa shape index (κ3) is 2.36. The Morgan fingerprint density at radius 2 is 1.90 bits per heavy atom. The molecule has 7 heteroatoms. The van der Waals surface area contributed by atoms with E-state index in [4.69, 9.17) is 9.47 Å². The van der Waals surface area contributed by atoms with E-state index in [-0.39, 0.29) is 18.5 Å². The maximum Gasteiger partial charge on any atom is 0.231 e. The number of hydrogen-bond acceptors (Lipinski definition) is 7. The van der Waals surface area contributed by atoms with Gasteiger partial charge in [-0.1, -0.05) is 12.1 Å². The van der Waals surface area contributed by atoms with Crippen molar-refractivity contribution in [3.05, 3.63) is 47.7 Å². The van der Waals surface area contributed by atoms with Crippen LogP contribution in [-0.4, -0.2) is 29.6 Å². The summed E-state index contributed by atoms with van der Waals surface area (Å²) in [6.45, 7) is 0.112. The zero-order chi connectivity index (χ0) is 20.2. The van der Waals surface area contributed by atoms with Gasteiger partial charge in [-0.15, -0.1) is 0 Å². The fourth-order valence-electron chi connectivity index (χ4n) is 4.66. The maximum absolute atomic E-state index is 13.3. The van der Waals surface area contributed by atoms with Crippen molar-refractivity contribution in [1.82, 2.24) is 4.90 Å². The molecule has 2 fully saturated rings. The summed E-state index contributed by atoms with van der Waals surface area (Å²) in [6.07, 6.45) is 6.57. The smallest absolute Gasteiger partial charge is 0.231 e. The molecule has 0 amide bonds. The molecule has 0 aromatic heterocycles. The van der Waals surface area contributed by atoms with Gasteiger partial charge >= 0.3 is 0 Å². The van der Waals surface area contributed by atoms with Gasteiger partial charge in [0.2, 0.25) is 6.79 Å². The normalized spacial score (nSPS) is 28.0. The van der Waals surface area contributed by atoms with Gasteiger partial charge in [0.05, 0.1) is 29.8 Å². The number of ketones is 1. The van der Waals surface area contributed by atoms with E-state index in [1.54, 1.807) is 41.5 Å². The largest absolute Gasteiger partial charge is 0.454 e. The number of Topliss-reactive ketones (excluding diaryl/α,β-unsaturated/α-hetero) is 1. The number of hydrogen-bond donors (Lipinski definition) is 0. The van der Waals surface area contributed by atoms with Gasteiger partial charge in [0.25, 0.3) is 0 Å². The minimum Gasteiger partial charge on any atom is -0.454 e. The molecule has 0 bridgehead atoms. The lowest BCUT2D eigenvalue weighted by Gasteiger charge is -2.30. The molecule has 0 spiro atoms. The Bertz CT molecular complexity index is 1080. The van der Waals surface area contributed by atoms with Gasteiger partial charge in [-0.25, -0.2) is 0 Å². The summed E-state index contributed by atoms with van der Waals surface area (Å²) in [5.74, 6) is 0.423. The first-order valence-corrected chi connectivity index (χ1v) is 9.46. The first-order valence-electron chi connectivity index (χ1n) is 9.46. The Balaban J connectivity index is 1.71. The predicted octanol–water partition coefficient (Wildman–Crippen LogP) is 2.54. The highest BCUT2D eigenvalue weighted by Crippen LogP contribution is 2.55. The first-order chi connectivity index (χ1) is 14.1. The monoisotopic (exact) mass is 384 g/mol. The summed E-state index contributed by atoms with van der Waals surface area (Å²) >= 11 is 0. The summed E-state index contributed by atoms with van der Waals surface area (Å²) in [7, 11) is 0. The molecular weight excluding hydrogens is 368 g/mol. The van der Waals surface area contributed by atoms with Crippen LogP contribution in [0.5, 0.6) is 11.5 Å². The average molecular weight is 384 g/mol. The number of carbonyl (C=O) groups excluding carboxylic acids is 1. The Labute approximate surface area is 167 Å². The standard InChI is InChI=1S/C22H16N4O3/c23-8-13-1-6-18-22(10-24,11-25)19(15-4-5-16-17(7-15)29-12-28-16)20(26(18)9-13)21(27)14-2-3-14/h1,4-7,9,14,18-20H,2-3,12H2/t18-,19-,20-/m1/s1. The summed E-state index contributed by atoms with van der Waals surface area (Å²) < 4.78 is 10.9. The molecule has 0 N–H and O–H groups in total. The molecule has 3 atom stereocenters. The third-order valence-corrected chi connectivity index (χ3v) is 6.19. The van der Waals surface area contributed by atoms with Crippen LogP contribution in [0, 0.1) is 45.3 Å². The molecule has 1 aliphatic carbocycles. The SMILES string of the molecule is N#CC1=CN2[C@@H](C(=O)C3CC3)[C@@H](c3ccc4c(c3)OCO4)C(C#N)(C#N)[C@H]2C=C1. The molecule has 29 heavy (non-hydrogen) atoms. The number of rotatable bonds is 3. The van der Waals surface area contributed by atoms with Crippen LogP contribution in [0.1, 0.15) is 24.3 Å². The Hall–Kier alpha value is -3.76. The van der Waals surface area contributed by atoms with Crippen LogP contribution in [0.25, 0.3) is 0 Å². The van der Waals surface area contributed by atoms with Crippen molar-refractivity contribution < 1.29 is 14.3 Å². The molecule has 1 saturated carbocycles. The van der Waals surface area contributed by atoms with E-state index in [1.165, 1.54) is 0 Å². The molecule has 142 valence electrons. The first kappa shape index (κ1) is 17.3. The van der Waals surface area contributed by atoms with Gasteiger partial charge < -0.3 is 14.4 Å². The fraction of sp³-hybridized carbons (Fsp3) is 0.364. The minimum absolute atomic E-state index is 0.0221. The highest BCUT2D eigenvalue weighted by molar-refractivity contribution is 5.90. The van der Waals surface area contributed by atoms with Crippen LogP contribution in [0.3, 0.4) is 0 Å². The lowest BCUT2D eigenvalue weighted by molar-refractivity contribution is -0.124. The van der Waals surface area contributed by atoms with Crippen molar-refractivity contribution in [2.45, 2.75) is 30.8 Å². The quantitative estimate of drug-likeness (QED) is 0.787. The number of benzene rings is 1. The van der Waals surface area contributed by atoms with Gasteiger partial charge in [0.15, 0.2) is 22.7 Å². The molecule has 7 nitrogen and oxygen atoms in total. The molecule has 0 unspecified atom stereocenters. The van der Waals surface area contributed by atoms with Crippen LogP contribution in [0.4, 0.5) is 0 Å². The Kier molecular flexibility index (Phi) is 3.66. The van der Waals surface area contributed by atoms with Gasteiger partial charge in [-0.2, -0.15) is 15.8 Å². The van der Waals surface area contributed by atoms with Crippen LogP contribution in [-0.2, 0) is 4.79 Å². The van der Waals surface area contributed by atoms with E-state index in [2.05, 4.69) is 18.2 Å². The number of ether oxygens (including phenoxy) is 2. The lowest BCUT2D eigenvalue weighted by Crippen LogP contribution is -2.40. The predicted molar refractivity (Wildman–Crippen MR) is 98.9 cm³/mol. The number of fused-ring (bicyclic) bond motifs is 2. The molecule has 1 saturated heterocycles. The number of allylic oxidation sites excluding steroid dienone is 2. The number of carbonyl (C=O) groups is 1. The van der Waals surface area contributed by atoms with E-state index in [0.29, 0.717) is 22.6 Å². The molecule has 3 heterocycles.